The minimum atomic E-state index is -0.886. The Labute approximate surface area is 72.9 Å². The SMILES string of the molecule is O=C(O)C1CC(n2cnnn2)NN1. The number of nitrogens with zero attached hydrogens (tertiary/aromatic N) is 4. The third-order valence-electron chi connectivity index (χ3n) is 1.87. The fraction of sp³-hybridized carbons (Fsp3) is 0.600. The zero-order valence-corrected chi connectivity index (χ0v) is 6.58. The van der Waals surface area contributed by atoms with Crippen molar-refractivity contribution in [2.24, 2.45) is 0 Å². The van der Waals surface area contributed by atoms with Gasteiger partial charge in [-0.15, -0.1) is 5.10 Å². The molecule has 13 heavy (non-hydrogen) atoms. The van der Waals surface area contributed by atoms with E-state index in [4.69, 9.17) is 5.11 Å². The highest BCUT2D eigenvalue weighted by Crippen LogP contribution is 2.13. The second-order valence-electron chi connectivity index (χ2n) is 2.72. The Hall–Kier alpha value is -1.54. The van der Waals surface area contributed by atoms with Gasteiger partial charge in [0.25, 0.3) is 0 Å². The van der Waals surface area contributed by atoms with Gasteiger partial charge in [0.1, 0.15) is 18.5 Å². The molecule has 1 aromatic heterocycles. The van der Waals surface area contributed by atoms with Crippen LogP contribution < -0.4 is 10.9 Å². The average Bonchev–Trinajstić information content (AvgIpc) is 2.75. The predicted octanol–water partition coefficient (Wildman–Crippen LogP) is -1.88. The van der Waals surface area contributed by atoms with Crippen LogP contribution in [0.1, 0.15) is 12.6 Å². The van der Waals surface area contributed by atoms with Crippen molar-refractivity contribution in [2.45, 2.75) is 18.6 Å². The van der Waals surface area contributed by atoms with Crippen LogP contribution in [0.25, 0.3) is 0 Å². The second kappa shape index (κ2) is 3.07. The minimum Gasteiger partial charge on any atom is -0.480 e. The molecule has 8 nitrogen and oxygen atoms in total. The molecule has 1 saturated heterocycles. The summed E-state index contributed by atoms with van der Waals surface area (Å²) in [6, 6.07) is -0.589. The van der Waals surface area contributed by atoms with Gasteiger partial charge in [-0.2, -0.15) is 0 Å². The fourth-order valence-electron chi connectivity index (χ4n) is 1.19. The first-order chi connectivity index (χ1) is 6.27. The van der Waals surface area contributed by atoms with Gasteiger partial charge < -0.3 is 5.11 Å². The lowest BCUT2D eigenvalue weighted by Crippen LogP contribution is -2.36. The molecule has 0 aromatic carbocycles. The lowest BCUT2D eigenvalue weighted by Gasteiger charge is -2.05. The highest BCUT2D eigenvalue weighted by Gasteiger charge is 2.30. The Kier molecular flexibility index (Phi) is 1.91. The number of hydrogen-bond donors (Lipinski definition) is 3. The van der Waals surface area contributed by atoms with E-state index in [0.29, 0.717) is 6.42 Å². The van der Waals surface area contributed by atoms with Crippen LogP contribution in [0.4, 0.5) is 0 Å². The monoisotopic (exact) mass is 184 g/mol. The lowest BCUT2D eigenvalue weighted by molar-refractivity contribution is -0.139. The number of carboxylic acid groups (broad SMARTS) is 1. The molecule has 3 N–H and O–H groups in total. The number of rotatable bonds is 2. The molecule has 0 aliphatic carbocycles. The quantitative estimate of drug-likeness (QED) is 0.494. The van der Waals surface area contributed by atoms with Crippen LogP contribution in [0, 0.1) is 0 Å². The van der Waals surface area contributed by atoms with Crippen molar-refractivity contribution in [3.05, 3.63) is 6.33 Å². The summed E-state index contributed by atoms with van der Waals surface area (Å²) < 4.78 is 1.47. The number of carbonyl (C=O) groups is 1. The first kappa shape index (κ1) is 8.08. The molecule has 0 bridgehead atoms. The number of nitrogens with one attached hydrogen (secondary N) is 2. The third kappa shape index (κ3) is 1.48. The lowest BCUT2D eigenvalue weighted by atomic mass is 10.2. The van der Waals surface area contributed by atoms with E-state index in [1.807, 2.05) is 0 Å². The molecule has 8 heteroatoms. The molecule has 2 unspecified atom stereocenters. The Morgan fingerprint density at radius 1 is 1.62 bits per heavy atom. The number of hydrogen-bond acceptors (Lipinski definition) is 6. The summed E-state index contributed by atoms with van der Waals surface area (Å²) in [5.41, 5.74) is 5.41. The molecule has 2 atom stereocenters. The third-order valence-corrected chi connectivity index (χ3v) is 1.87. The summed E-state index contributed by atoms with van der Waals surface area (Å²) in [5.74, 6) is -0.886. The predicted molar refractivity (Wildman–Crippen MR) is 39.2 cm³/mol. The smallest absolute Gasteiger partial charge is 0.322 e. The first-order valence-electron chi connectivity index (χ1n) is 3.73. The summed E-state index contributed by atoms with van der Waals surface area (Å²) in [6.45, 7) is 0. The van der Waals surface area contributed by atoms with Gasteiger partial charge in [0.05, 0.1) is 0 Å². The van der Waals surface area contributed by atoms with Crippen LogP contribution in [-0.2, 0) is 4.79 Å². The van der Waals surface area contributed by atoms with Crippen molar-refractivity contribution in [1.29, 1.82) is 0 Å². The van der Waals surface area contributed by atoms with Crippen LogP contribution in [-0.4, -0.2) is 37.3 Å². The Bertz CT molecular complexity index is 298. The Morgan fingerprint density at radius 2 is 2.46 bits per heavy atom. The number of aromatic nitrogens is 4. The van der Waals surface area contributed by atoms with Gasteiger partial charge in [0.2, 0.25) is 0 Å². The normalized spacial score (nSPS) is 27.7. The van der Waals surface area contributed by atoms with Gasteiger partial charge in [-0.3, -0.25) is 4.79 Å². The molecular formula is C5H8N6O2. The number of aliphatic carboxylic acids is 1. The van der Waals surface area contributed by atoms with E-state index in [-0.39, 0.29) is 6.17 Å². The zero-order chi connectivity index (χ0) is 9.26. The van der Waals surface area contributed by atoms with E-state index >= 15 is 0 Å². The van der Waals surface area contributed by atoms with Crippen molar-refractivity contribution >= 4 is 5.97 Å². The molecule has 1 fully saturated rings. The Balaban J connectivity index is 2.03. The summed E-state index contributed by atoms with van der Waals surface area (Å²) in [4.78, 5) is 10.6. The van der Waals surface area contributed by atoms with Crippen LogP contribution in [0.5, 0.6) is 0 Å². The van der Waals surface area contributed by atoms with Crippen LogP contribution in [0.15, 0.2) is 6.33 Å². The van der Waals surface area contributed by atoms with E-state index < -0.39 is 12.0 Å². The van der Waals surface area contributed by atoms with Crippen LogP contribution in [0.3, 0.4) is 0 Å². The summed E-state index contributed by atoms with van der Waals surface area (Å²) in [5, 5.41) is 19.2. The van der Waals surface area contributed by atoms with Gasteiger partial charge >= 0.3 is 5.97 Å². The van der Waals surface area contributed by atoms with Crippen molar-refractivity contribution in [1.82, 2.24) is 31.1 Å². The van der Waals surface area contributed by atoms with Crippen molar-refractivity contribution in [3.8, 4) is 0 Å². The molecule has 1 aromatic rings. The van der Waals surface area contributed by atoms with E-state index in [1.54, 1.807) is 0 Å². The largest absolute Gasteiger partial charge is 0.480 e. The van der Waals surface area contributed by atoms with Gasteiger partial charge in [-0.25, -0.2) is 15.5 Å². The van der Waals surface area contributed by atoms with Crippen molar-refractivity contribution < 1.29 is 9.90 Å². The van der Waals surface area contributed by atoms with E-state index in [2.05, 4.69) is 26.4 Å². The number of carboxylic acids is 1. The van der Waals surface area contributed by atoms with E-state index in [1.165, 1.54) is 11.0 Å². The summed E-state index contributed by atoms with van der Waals surface area (Å²) >= 11 is 0. The van der Waals surface area contributed by atoms with E-state index in [9.17, 15) is 4.79 Å². The molecular weight excluding hydrogens is 176 g/mol. The first-order valence-corrected chi connectivity index (χ1v) is 3.73. The maximum absolute atomic E-state index is 10.6. The highest BCUT2D eigenvalue weighted by molar-refractivity contribution is 5.73. The molecule has 1 aliphatic rings. The van der Waals surface area contributed by atoms with Gasteiger partial charge in [-0.1, -0.05) is 0 Å². The zero-order valence-electron chi connectivity index (χ0n) is 6.58. The van der Waals surface area contributed by atoms with Crippen LogP contribution in [0.2, 0.25) is 0 Å². The molecule has 2 rings (SSSR count). The summed E-state index contributed by atoms with van der Waals surface area (Å²) in [6.07, 6.45) is 1.65. The Morgan fingerprint density at radius 3 is 3.00 bits per heavy atom. The number of hydrazine groups is 1. The molecule has 0 radical (unpaired) electrons. The maximum Gasteiger partial charge on any atom is 0.322 e. The summed E-state index contributed by atoms with van der Waals surface area (Å²) in [7, 11) is 0. The molecule has 2 heterocycles. The van der Waals surface area contributed by atoms with Crippen LogP contribution >= 0.6 is 0 Å². The standard InChI is InChI=1S/C5H8N6O2/c12-5(13)3-1-4(8-7-3)11-2-6-9-10-11/h2-4,7-8H,1H2,(H,12,13). The van der Waals surface area contributed by atoms with Gasteiger partial charge in [0.15, 0.2) is 0 Å². The highest BCUT2D eigenvalue weighted by atomic mass is 16.4. The molecule has 70 valence electrons. The van der Waals surface area contributed by atoms with Crippen molar-refractivity contribution in [2.75, 3.05) is 0 Å². The van der Waals surface area contributed by atoms with Gasteiger partial charge in [-0.05, 0) is 10.4 Å². The molecule has 0 amide bonds. The average molecular weight is 184 g/mol. The topological polar surface area (TPSA) is 105 Å². The van der Waals surface area contributed by atoms with Gasteiger partial charge in [0, 0.05) is 6.42 Å². The maximum atomic E-state index is 10.6. The molecule has 0 spiro atoms. The number of tetrazole rings is 1. The fourth-order valence-corrected chi connectivity index (χ4v) is 1.19. The van der Waals surface area contributed by atoms with Crippen molar-refractivity contribution in [3.63, 3.8) is 0 Å². The molecule has 1 aliphatic heterocycles. The molecule has 0 saturated carbocycles. The van der Waals surface area contributed by atoms with E-state index in [0.717, 1.165) is 0 Å². The minimum absolute atomic E-state index is 0.198. The second-order valence-corrected chi connectivity index (χ2v) is 2.72.